The zero-order chi connectivity index (χ0) is 13.9. The number of nitrogens with zero attached hydrogens (tertiary/aromatic N) is 2. The van der Waals surface area contributed by atoms with Crippen molar-refractivity contribution in [2.75, 3.05) is 40.3 Å². The first kappa shape index (κ1) is 19.7. The highest BCUT2D eigenvalue weighted by Crippen LogP contribution is 2.19. The van der Waals surface area contributed by atoms with E-state index >= 15 is 0 Å². The Balaban J connectivity index is 0.00000361. The van der Waals surface area contributed by atoms with E-state index in [4.69, 9.17) is 0 Å². The van der Waals surface area contributed by atoms with Gasteiger partial charge in [0.15, 0.2) is 5.96 Å². The molecule has 20 heavy (non-hydrogen) atoms. The van der Waals surface area contributed by atoms with Crippen molar-refractivity contribution in [2.24, 2.45) is 4.99 Å². The van der Waals surface area contributed by atoms with Crippen molar-refractivity contribution in [3.05, 3.63) is 11.6 Å². The summed E-state index contributed by atoms with van der Waals surface area (Å²) in [5.74, 6) is 0.918. The van der Waals surface area contributed by atoms with Crippen LogP contribution in [0.3, 0.4) is 0 Å². The summed E-state index contributed by atoms with van der Waals surface area (Å²) in [6.07, 6.45) is 8.85. The smallest absolute Gasteiger partial charge is 0.191 e. The zero-order valence-electron chi connectivity index (χ0n) is 13.2. The lowest BCUT2D eigenvalue weighted by Crippen LogP contribution is -2.41. The molecule has 118 valence electrons. The molecule has 5 heteroatoms. The fraction of sp³-hybridized carbons (Fsp3) is 0.800. The van der Waals surface area contributed by atoms with Crippen molar-refractivity contribution in [3.8, 4) is 0 Å². The summed E-state index contributed by atoms with van der Waals surface area (Å²) in [4.78, 5) is 6.53. The van der Waals surface area contributed by atoms with Crippen molar-refractivity contribution >= 4 is 29.9 Å². The predicted molar refractivity (Wildman–Crippen MR) is 99.1 cm³/mol. The zero-order valence-corrected chi connectivity index (χ0v) is 15.6. The molecule has 0 aromatic rings. The van der Waals surface area contributed by atoms with E-state index in [0.29, 0.717) is 0 Å². The second-order valence-electron chi connectivity index (χ2n) is 5.18. The molecule has 0 aliphatic heterocycles. The molecule has 0 radical (unpaired) electrons. The Morgan fingerprint density at radius 1 is 1.30 bits per heavy atom. The molecule has 0 atom stereocenters. The summed E-state index contributed by atoms with van der Waals surface area (Å²) in [6, 6.07) is 0. The highest BCUT2D eigenvalue weighted by Gasteiger charge is 2.04. The summed E-state index contributed by atoms with van der Waals surface area (Å²) in [5.41, 5.74) is 1.61. The molecule has 1 aliphatic rings. The molecule has 1 aliphatic carbocycles. The lowest BCUT2D eigenvalue weighted by atomic mass is 9.97. The monoisotopic (exact) mass is 394 g/mol. The van der Waals surface area contributed by atoms with E-state index in [1.807, 2.05) is 7.05 Å². The third kappa shape index (κ3) is 8.79. The Hall–Kier alpha value is -0.300. The van der Waals surface area contributed by atoms with E-state index in [-0.39, 0.29) is 24.0 Å². The maximum Gasteiger partial charge on any atom is 0.191 e. The minimum atomic E-state index is 0. The second kappa shape index (κ2) is 12.4. The van der Waals surface area contributed by atoms with Crippen molar-refractivity contribution in [1.82, 2.24) is 15.5 Å². The molecule has 0 amide bonds. The minimum Gasteiger partial charge on any atom is -0.356 e. The van der Waals surface area contributed by atoms with Gasteiger partial charge in [-0.3, -0.25) is 4.99 Å². The molecule has 0 spiro atoms. The predicted octanol–water partition coefficient (Wildman–Crippen LogP) is 2.61. The number of hydrogen-bond acceptors (Lipinski definition) is 2. The summed E-state index contributed by atoms with van der Waals surface area (Å²) in [7, 11) is 3.96. The molecule has 0 bridgehead atoms. The summed E-state index contributed by atoms with van der Waals surface area (Å²) in [6.45, 7) is 6.22. The third-order valence-electron chi connectivity index (χ3n) is 3.67. The average molecular weight is 394 g/mol. The summed E-state index contributed by atoms with van der Waals surface area (Å²) in [5, 5.41) is 6.74. The van der Waals surface area contributed by atoms with Gasteiger partial charge in [-0.15, -0.1) is 24.0 Å². The Morgan fingerprint density at radius 3 is 2.65 bits per heavy atom. The third-order valence-corrected chi connectivity index (χ3v) is 3.67. The van der Waals surface area contributed by atoms with Gasteiger partial charge in [0, 0.05) is 26.7 Å². The molecule has 0 heterocycles. The van der Waals surface area contributed by atoms with Crippen LogP contribution in [-0.2, 0) is 0 Å². The Kier molecular flexibility index (Phi) is 12.3. The van der Waals surface area contributed by atoms with Gasteiger partial charge < -0.3 is 15.5 Å². The van der Waals surface area contributed by atoms with Gasteiger partial charge in [0.1, 0.15) is 0 Å². The van der Waals surface area contributed by atoms with Crippen LogP contribution >= 0.6 is 24.0 Å². The van der Waals surface area contributed by atoms with Gasteiger partial charge in [0.05, 0.1) is 0 Å². The first-order chi connectivity index (χ1) is 9.26. The Morgan fingerprint density at radius 2 is 2.05 bits per heavy atom. The number of halogens is 1. The second-order valence-corrected chi connectivity index (χ2v) is 5.18. The van der Waals surface area contributed by atoms with Crippen LogP contribution in [-0.4, -0.2) is 51.1 Å². The fourth-order valence-corrected chi connectivity index (χ4v) is 2.22. The lowest BCUT2D eigenvalue weighted by molar-refractivity contribution is 0.357. The van der Waals surface area contributed by atoms with Crippen LogP contribution in [0.15, 0.2) is 16.6 Å². The largest absolute Gasteiger partial charge is 0.356 e. The van der Waals surface area contributed by atoms with Crippen LogP contribution in [0.1, 0.15) is 39.0 Å². The number of allylic oxidation sites excluding steroid dienone is 1. The minimum absolute atomic E-state index is 0. The molecular weight excluding hydrogens is 363 g/mol. The maximum atomic E-state index is 4.25. The highest BCUT2D eigenvalue weighted by atomic mass is 127. The van der Waals surface area contributed by atoms with Crippen LogP contribution < -0.4 is 10.6 Å². The molecule has 0 saturated carbocycles. The van der Waals surface area contributed by atoms with Gasteiger partial charge in [0.25, 0.3) is 0 Å². The van der Waals surface area contributed by atoms with Crippen molar-refractivity contribution in [3.63, 3.8) is 0 Å². The highest BCUT2D eigenvalue weighted by molar-refractivity contribution is 14.0. The van der Waals surface area contributed by atoms with Gasteiger partial charge in [0.2, 0.25) is 0 Å². The van der Waals surface area contributed by atoms with Crippen molar-refractivity contribution in [1.29, 1.82) is 0 Å². The van der Waals surface area contributed by atoms with E-state index in [1.165, 1.54) is 25.7 Å². The molecule has 2 N–H and O–H groups in total. The van der Waals surface area contributed by atoms with Crippen LogP contribution in [0.4, 0.5) is 0 Å². The number of nitrogens with one attached hydrogen (secondary N) is 2. The Labute approximate surface area is 141 Å². The van der Waals surface area contributed by atoms with E-state index in [1.54, 1.807) is 5.57 Å². The number of guanidine groups is 1. The normalized spacial score (nSPS) is 15.6. The standard InChI is InChI=1S/C15H30N4.HI/c1-4-19(3)13-12-18-15(16-2)17-11-10-14-8-6-5-7-9-14;/h8H,4-7,9-13H2,1-3H3,(H2,16,17,18);1H. The lowest BCUT2D eigenvalue weighted by Gasteiger charge is -2.17. The first-order valence-electron chi connectivity index (χ1n) is 7.57. The van der Waals surface area contributed by atoms with Crippen LogP contribution in [0.25, 0.3) is 0 Å². The molecule has 0 aromatic heterocycles. The molecule has 0 saturated heterocycles. The SMILES string of the molecule is CCN(C)CCNC(=NC)NCCC1=CCCCC1.I. The van der Waals surface area contributed by atoms with E-state index < -0.39 is 0 Å². The quantitative estimate of drug-likeness (QED) is 0.302. The average Bonchev–Trinajstić information content (AvgIpc) is 2.46. The molecule has 0 fully saturated rings. The number of likely N-dealkylation sites (N-methyl/N-ethyl adjacent to an activating group) is 1. The molecule has 0 aromatic carbocycles. The van der Waals surface area contributed by atoms with Crippen LogP contribution in [0.2, 0.25) is 0 Å². The maximum absolute atomic E-state index is 4.25. The van der Waals surface area contributed by atoms with Crippen LogP contribution in [0.5, 0.6) is 0 Å². The Bertz CT molecular complexity index is 302. The van der Waals surface area contributed by atoms with E-state index in [0.717, 1.165) is 38.6 Å². The fourth-order valence-electron chi connectivity index (χ4n) is 2.22. The van der Waals surface area contributed by atoms with Gasteiger partial charge in [-0.2, -0.15) is 0 Å². The van der Waals surface area contributed by atoms with E-state index in [9.17, 15) is 0 Å². The topological polar surface area (TPSA) is 39.7 Å². The van der Waals surface area contributed by atoms with Gasteiger partial charge in [-0.1, -0.05) is 18.6 Å². The summed E-state index contributed by atoms with van der Waals surface area (Å²) >= 11 is 0. The first-order valence-corrected chi connectivity index (χ1v) is 7.57. The summed E-state index contributed by atoms with van der Waals surface area (Å²) < 4.78 is 0. The number of aliphatic imine (C=N–C) groups is 1. The van der Waals surface area contributed by atoms with Gasteiger partial charge in [-0.25, -0.2) is 0 Å². The van der Waals surface area contributed by atoms with E-state index in [2.05, 4.69) is 40.6 Å². The van der Waals surface area contributed by atoms with Crippen molar-refractivity contribution in [2.45, 2.75) is 39.0 Å². The molecular formula is C15H31IN4. The molecule has 0 unspecified atom stereocenters. The number of hydrogen-bond donors (Lipinski definition) is 2. The van der Waals surface area contributed by atoms with Crippen LogP contribution in [0, 0.1) is 0 Å². The van der Waals surface area contributed by atoms with Gasteiger partial charge >= 0.3 is 0 Å². The molecule has 1 rings (SSSR count). The molecule has 4 nitrogen and oxygen atoms in total. The number of rotatable bonds is 7. The van der Waals surface area contributed by atoms with Gasteiger partial charge in [-0.05, 0) is 45.7 Å². The van der Waals surface area contributed by atoms with Crippen molar-refractivity contribution < 1.29 is 0 Å².